The molecule has 3 nitrogen and oxygen atoms in total. The van der Waals surface area contributed by atoms with Crippen LogP contribution < -0.4 is 0 Å². The Hall–Kier alpha value is -1.70. The van der Waals surface area contributed by atoms with Gasteiger partial charge in [0.15, 0.2) is 6.10 Å². The second kappa shape index (κ2) is 6.84. The van der Waals surface area contributed by atoms with Crippen molar-refractivity contribution in [1.82, 2.24) is 0 Å². The minimum Gasteiger partial charge on any atom is -0.464 e. The number of hydrogen-bond donors (Lipinski definition) is 0. The van der Waals surface area contributed by atoms with E-state index >= 15 is 0 Å². The second-order valence-electron chi connectivity index (χ2n) is 4.06. The highest BCUT2D eigenvalue weighted by atomic mass is 19.4. The van der Waals surface area contributed by atoms with Gasteiger partial charge in [-0.2, -0.15) is 22.0 Å². The molecule has 1 atom stereocenters. The molecular formula is C13H13F5O3. The fourth-order valence-electron chi connectivity index (χ4n) is 1.42. The topological polar surface area (TPSA) is 35.5 Å². The summed E-state index contributed by atoms with van der Waals surface area (Å²) in [6, 6.07) is 7.32. The van der Waals surface area contributed by atoms with E-state index in [-0.39, 0.29) is 12.2 Å². The minimum absolute atomic E-state index is 0.0544. The lowest BCUT2D eigenvalue weighted by atomic mass is 10.1. The molecule has 0 aromatic heterocycles. The summed E-state index contributed by atoms with van der Waals surface area (Å²) in [6.07, 6.45) is -7.39. The Bertz CT molecular complexity index is 459. The van der Waals surface area contributed by atoms with Crippen molar-refractivity contribution in [3.8, 4) is 0 Å². The van der Waals surface area contributed by atoms with Gasteiger partial charge in [-0.05, 0) is 12.5 Å². The number of ether oxygens (including phenoxy) is 2. The highest BCUT2D eigenvalue weighted by Crippen LogP contribution is 2.36. The molecule has 1 aromatic carbocycles. The normalized spacial score (nSPS) is 13.8. The van der Waals surface area contributed by atoms with Gasteiger partial charge in [0, 0.05) is 0 Å². The first kappa shape index (κ1) is 17.4. The van der Waals surface area contributed by atoms with Gasteiger partial charge in [-0.1, -0.05) is 30.3 Å². The number of benzene rings is 1. The summed E-state index contributed by atoms with van der Waals surface area (Å²) in [7, 11) is 0. The first-order valence-corrected chi connectivity index (χ1v) is 5.96. The van der Waals surface area contributed by atoms with Crippen LogP contribution in [0.1, 0.15) is 18.6 Å². The van der Waals surface area contributed by atoms with E-state index in [9.17, 15) is 26.7 Å². The number of carbonyl (C=O) groups is 1. The van der Waals surface area contributed by atoms with Crippen LogP contribution >= 0.6 is 0 Å². The van der Waals surface area contributed by atoms with Crippen molar-refractivity contribution in [3.05, 3.63) is 35.9 Å². The number of rotatable bonds is 6. The van der Waals surface area contributed by atoms with Crippen LogP contribution in [0.2, 0.25) is 0 Å². The zero-order valence-corrected chi connectivity index (χ0v) is 11.0. The molecule has 0 radical (unpaired) electrons. The monoisotopic (exact) mass is 312 g/mol. The Morgan fingerprint density at radius 2 is 1.71 bits per heavy atom. The van der Waals surface area contributed by atoms with Crippen LogP contribution in [0.3, 0.4) is 0 Å². The molecule has 8 heteroatoms. The van der Waals surface area contributed by atoms with Crippen molar-refractivity contribution in [2.24, 2.45) is 0 Å². The van der Waals surface area contributed by atoms with Crippen molar-refractivity contribution >= 4 is 5.97 Å². The SMILES string of the molecule is CCOC(=O)C(OCC(F)(F)C(F)(F)F)c1ccccc1. The molecule has 0 bridgehead atoms. The van der Waals surface area contributed by atoms with Gasteiger partial charge in [-0.3, -0.25) is 0 Å². The molecule has 0 aliphatic rings. The summed E-state index contributed by atoms with van der Waals surface area (Å²) in [5.41, 5.74) is 0.133. The smallest absolute Gasteiger partial charge is 0.455 e. The zero-order valence-electron chi connectivity index (χ0n) is 11.0. The van der Waals surface area contributed by atoms with Crippen LogP contribution in [0.15, 0.2) is 30.3 Å². The average molecular weight is 312 g/mol. The quantitative estimate of drug-likeness (QED) is 0.596. The Morgan fingerprint density at radius 3 is 2.19 bits per heavy atom. The zero-order chi connectivity index (χ0) is 16.1. The fraction of sp³-hybridized carbons (Fsp3) is 0.462. The van der Waals surface area contributed by atoms with Crippen LogP contribution in [0.5, 0.6) is 0 Å². The summed E-state index contributed by atoms with van der Waals surface area (Å²) in [5.74, 6) is -6.08. The van der Waals surface area contributed by atoms with E-state index in [1.807, 2.05) is 0 Å². The maximum atomic E-state index is 12.9. The third kappa shape index (κ3) is 4.66. The van der Waals surface area contributed by atoms with Crippen LogP contribution in [0.4, 0.5) is 22.0 Å². The standard InChI is InChI=1S/C13H13F5O3/c1-2-20-11(19)10(9-6-4-3-5-7-9)21-8-12(14,15)13(16,17)18/h3-7,10H,2,8H2,1H3. The fourth-order valence-corrected chi connectivity index (χ4v) is 1.42. The number of halogens is 5. The summed E-state index contributed by atoms with van der Waals surface area (Å²) < 4.78 is 71.1. The van der Waals surface area contributed by atoms with E-state index in [0.717, 1.165) is 0 Å². The van der Waals surface area contributed by atoms with Crippen LogP contribution in [0, 0.1) is 0 Å². The Kier molecular flexibility index (Phi) is 5.65. The molecular weight excluding hydrogens is 299 g/mol. The van der Waals surface area contributed by atoms with E-state index in [4.69, 9.17) is 0 Å². The summed E-state index contributed by atoms with van der Waals surface area (Å²) in [5, 5.41) is 0. The maximum absolute atomic E-state index is 12.9. The molecule has 0 saturated carbocycles. The first-order valence-electron chi connectivity index (χ1n) is 5.96. The molecule has 0 N–H and O–H groups in total. The maximum Gasteiger partial charge on any atom is 0.455 e. The van der Waals surface area contributed by atoms with E-state index < -0.39 is 30.8 Å². The van der Waals surface area contributed by atoms with Gasteiger partial charge in [0.1, 0.15) is 6.61 Å². The molecule has 0 fully saturated rings. The van der Waals surface area contributed by atoms with Crippen molar-refractivity contribution in [2.75, 3.05) is 13.2 Å². The highest BCUT2D eigenvalue weighted by Gasteiger charge is 2.58. The second-order valence-corrected chi connectivity index (χ2v) is 4.06. The van der Waals surface area contributed by atoms with Crippen LogP contribution in [0.25, 0.3) is 0 Å². The van der Waals surface area contributed by atoms with Gasteiger partial charge in [-0.25, -0.2) is 4.79 Å². The van der Waals surface area contributed by atoms with Crippen LogP contribution in [-0.2, 0) is 14.3 Å². The van der Waals surface area contributed by atoms with E-state index in [1.165, 1.54) is 31.2 Å². The Balaban J connectivity index is 2.87. The van der Waals surface area contributed by atoms with Crippen molar-refractivity contribution < 1.29 is 36.2 Å². The van der Waals surface area contributed by atoms with E-state index in [1.54, 1.807) is 6.07 Å². The number of carbonyl (C=O) groups excluding carboxylic acids is 1. The lowest BCUT2D eigenvalue weighted by Crippen LogP contribution is -2.41. The lowest BCUT2D eigenvalue weighted by molar-refractivity contribution is -0.300. The molecule has 0 aliphatic heterocycles. The molecule has 0 saturated heterocycles. The molecule has 0 aliphatic carbocycles. The van der Waals surface area contributed by atoms with Gasteiger partial charge in [0.05, 0.1) is 6.61 Å². The molecule has 0 amide bonds. The van der Waals surface area contributed by atoms with Crippen molar-refractivity contribution in [3.63, 3.8) is 0 Å². The van der Waals surface area contributed by atoms with E-state index in [2.05, 4.69) is 9.47 Å². The van der Waals surface area contributed by atoms with E-state index in [0.29, 0.717) is 0 Å². The Morgan fingerprint density at radius 1 is 1.14 bits per heavy atom. The van der Waals surface area contributed by atoms with Crippen molar-refractivity contribution in [1.29, 1.82) is 0 Å². The number of alkyl halides is 5. The third-order valence-electron chi connectivity index (χ3n) is 2.45. The van der Waals surface area contributed by atoms with Gasteiger partial charge in [0.2, 0.25) is 0 Å². The number of esters is 1. The molecule has 0 heterocycles. The molecule has 118 valence electrons. The number of hydrogen-bond acceptors (Lipinski definition) is 3. The van der Waals surface area contributed by atoms with Gasteiger partial charge < -0.3 is 9.47 Å². The lowest BCUT2D eigenvalue weighted by Gasteiger charge is -2.23. The van der Waals surface area contributed by atoms with Crippen LogP contribution in [-0.4, -0.2) is 31.3 Å². The van der Waals surface area contributed by atoms with Gasteiger partial charge in [0.25, 0.3) is 0 Å². The van der Waals surface area contributed by atoms with Gasteiger partial charge in [-0.15, -0.1) is 0 Å². The van der Waals surface area contributed by atoms with Gasteiger partial charge >= 0.3 is 18.1 Å². The first-order chi connectivity index (χ1) is 9.69. The molecule has 21 heavy (non-hydrogen) atoms. The predicted molar refractivity (Wildman–Crippen MR) is 62.8 cm³/mol. The predicted octanol–water partition coefficient (Wildman–Crippen LogP) is 3.51. The molecule has 1 unspecified atom stereocenters. The largest absolute Gasteiger partial charge is 0.464 e. The summed E-state index contributed by atoms with van der Waals surface area (Å²) in [6.45, 7) is -0.541. The van der Waals surface area contributed by atoms with Crippen molar-refractivity contribution in [2.45, 2.75) is 25.1 Å². The average Bonchev–Trinajstić information content (AvgIpc) is 2.39. The Labute approximate surface area is 117 Å². The summed E-state index contributed by atoms with van der Waals surface area (Å²) >= 11 is 0. The summed E-state index contributed by atoms with van der Waals surface area (Å²) in [4.78, 5) is 11.6. The molecule has 1 aromatic rings. The third-order valence-corrected chi connectivity index (χ3v) is 2.45. The molecule has 0 spiro atoms. The highest BCUT2D eigenvalue weighted by molar-refractivity contribution is 5.76. The molecule has 1 rings (SSSR count). The minimum atomic E-state index is -5.75.